The van der Waals surface area contributed by atoms with Crippen LogP contribution in [-0.4, -0.2) is 35.8 Å². The molecule has 5 nitrogen and oxygen atoms in total. The monoisotopic (exact) mass is 251 g/mol. The van der Waals surface area contributed by atoms with Crippen LogP contribution in [0.4, 0.5) is 5.95 Å². The van der Waals surface area contributed by atoms with Gasteiger partial charge < -0.3 is 14.8 Å². The van der Waals surface area contributed by atoms with E-state index in [-0.39, 0.29) is 6.10 Å². The van der Waals surface area contributed by atoms with Gasteiger partial charge in [0.1, 0.15) is 0 Å². The zero-order chi connectivity index (χ0) is 12.8. The summed E-state index contributed by atoms with van der Waals surface area (Å²) in [7, 11) is 0. The molecule has 1 heterocycles. The van der Waals surface area contributed by atoms with Gasteiger partial charge in [-0.15, -0.1) is 0 Å². The van der Waals surface area contributed by atoms with E-state index in [0.29, 0.717) is 18.4 Å². The van der Waals surface area contributed by atoms with Gasteiger partial charge in [0.25, 0.3) is 0 Å². The number of hydrogen-bond acceptors (Lipinski definition) is 5. The van der Waals surface area contributed by atoms with Crippen molar-refractivity contribution in [2.24, 2.45) is 5.92 Å². The van der Waals surface area contributed by atoms with Gasteiger partial charge in [-0.1, -0.05) is 0 Å². The molecule has 0 aliphatic heterocycles. The van der Waals surface area contributed by atoms with Gasteiger partial charge in [0.05, 0.1) is 12.7 Å². The van der Waals surface area contributed by atoms with Crippen LogP contribution in [-0.2, 0) is 4.74 Å². The summed E-state index contributed by atoms with van der Waals surface area (Å²) in [5.74, 6) is 1.99. The Morgan fingerprint density at radius 1 is 1.44 bits per heavy atom. The van der Waals surface area contributed by atoms with E-state index < -0.39 is 0 Å². The SMILES string of the molecule is CC(C)Oc1ccnc(NCCOCC2CC2)n1. The molecule has 0 radical (unpaired) electrons. The van der Waals surface area contributed by atoms with E-state index in [1.807, 2.05) is 13.8 Å². The molecule has 0 unspecified atom stereocenters. The van der Waals surface area contributed by atoms with Gasteiger partial charge in [0, 0.05) is 25.4 Å². The Labute approximate surface area is 108 Å². The Hall–Kier alpha value is -1.36. The molecule has 5 heteroatoms. The summed E-state index contributed by atoms with van der Waals surface area (Å²) in [4.78, 5) is 8.39. The molecule has 1 aromatic heterocycles. The number of nitrogens with one attached hydrogen (secondary N) is 1. The minimum Gasteiger partial charge on any atom is -0.475 e. The summed E-state index contributed by atoms with van der Waals surface area (Å²) in [6, 6.07) is 1.76. The molecule has 0 bridgehead atoms. The molecule has 0 spiro atoms. The van der Waals surface area contributed by atoms with Gasteiger partial charge in [0.15, 0.2) is 0 Å². The lowest BCUT2D eigenvalue weighted by atomic mass is 10.5. The van der Waals surface area contributed by atoms with Gasteiger partial charge in [-0.2, -0.15) is 4.98 Å². The van der Waals surface area contributed by atoms with Gasteiger partial charge in [-0.25, -0.2) is 4.98 Å². The quantitative estimate of drug-likeness (QED) is 0.717. The van der Waals surface area contributed by atoms with E-state index in [1.54, 1.807) is 12.3 Å². The van der Waals surface area contributed by atoms with E-state index in [0.717, 1.165) is 19.1 Å². The summed E-state index contributed by atoms with van der Waals surface area (Å²) in [6.07, 6.45) is 4.46. The Bertz CT molecular complexity index is 367. The van der Waals surface area contributed by atoms with Crippen LogP contribution < -0.4 is 10.1 Å². The van der Waals surface area contributed by atoms with Crippen molar-refractivity contribution in [3.63, 3.8) is 0 Å². The predicted octanol–water partition coefficient (Wildman–Crippen LogP) is 2.10. The zero-order valence-corrected chi connectivity index (χ0v) is 11.1. The molecule has 0 amide bonds. The van der Waals surface area contributed by atoms with Crippen molar-refractivity contribution >= 4 is 5.95 Å². The second-order valence-electron chi connectivity index (χ2n) is 4.83. The first-order valence-corrected chi connectivity index (χ1v) is 6.55. The lowest BCUT2D eigenvalue weighted by Crippen LogP contribution is -2.13. The van der Waals surface area contributed by atoms with E-state index >= 15 is 0 Å². The van der Waals surface area contributed by atoms with Crippen LogP contribution in [0, 0.1) is 5.92 Å². The van der Waals surface area contributed by atoms with Crippen LogP contribution in [0.25, 0.3) is 0 Å². The fourth-order valence-corrected chi connectivity index (χ4v) is 1.50. The largest absolute Gasteiger partial charge is 0.475 e. The van der Waals surface area contributed by atoms with Crippen molar-refractivity contribution in [2.45, 2.75) is 32.8 Å². The number of nitrogens with zero attached hydrogens (tertiary/aromatic N) is 2. The fraction of sp³-hybridized carbons (Fsp3) is 0.692. The van der Waals surface area contributed by atoms with Crippen LogP contribution in [0.5, 0.6) is 5.88 Å². The molecule has 100 valence electrons. The molecular weight excluding hydrogens is 230 g/mol. The molecule has 1 saturated carbocycles. The Balaban J connectivity index is 1.67. The summed E-state index contributed by atoms with van der Waals surface area (Å²) in [5, 5.41) is 3.13. The fourth-order valence-electron chi connectivity index (χ4n) is 1.50. The van der Waals surface area contributed by atoms with Gasteiger partial charge in [-0.05, 0) is 32.6 Å². The number of rotatable bonds is 8. The highest BCUT2D eigenvalue weighted by atomic mass is 16.5. The predicted molar refractivity (Wildman–Crippen MR) is 69.8 cm³/mol. The minimum absolute atomic E-state index is 0.120. The molecule has 1 aliphatic rings. The molecule has 1 N–H and O–H groups in total. The van der Waals surface area contributed by atoms with E-state index in [9.17, 15) is 0 Å². The zero-order valence-electron chi connectivity index (χ0n) is 11.1. The molecule has 0 atom stereocenters. The summed E-state index contributed by atoms with van der Waals surface area (Å²) in [6.45, 7) is 6.24. The van der Waals surface area contributed by atoms with Crippen LogP contribution in [0.2, 0.25) is 0 Å². The van der Waals surface area contributed by atoms with Gasteiger partial charge in [-0.3, -0.25) is 0 Å². The topological polar surface area (TPSA) is 56.3 Å². The van der Waals surface area contributed by atoms with Crippen LogP contribution in [0.3, 0.4) is 0 Å². The second kappa shape index (κ2) is 6.54. The Morgan fingerprint density at radius 2 is 2.28 bits per heavy atom. The number of ether oxygens (including phenoxy) is 2. The normalized spacial score (nSPS) is 14.8. The molecule has 2 rings (SSSR count). The first-order chi connectivity index (χ1) is 8.74. The molecule has 18 heavy (non-hydrogen) atoms. The van der Waals surface area contributed by atoms with Crippen molar-refractivity contribution in [1.82, 2.24) is 9.97 Å². The summed E-state index contributed by atoms with van der Waals surface area (Å²) >= 11 is 0. The Morgan fingerprint density at radius 3 is 3.00 bits per heavy atom. The highest BCUT2D eigenvalue weighted by molar-refractivity contribution is 5.27. The van der Waals surface area contributed by atoms with Crippen molar-refractivity contribution < 1.29 is 9.47 Å². The Kier molecular flexibility index (Phi) is 4.75. The molecule has 1 aliphatic carbocycles. The number of anilines is 1. The first kappa shape index (κ1) is 13.1. The molecular formula is C13H21N3O2. The second-order valence-corrected chi connectivity index (χ2v) is 4.83. The standard InChI is InChI=1S/C13H21N3O2/c1-10(2)18-12-5-6-14-13(16-12)15-7-8-17-9-11-3-4-11/h5-6,10-11H,3-4,7-9H2,1-2H3,(H,14,15,16). The maximum Gasteiger partial charge on any atom is 0.226 e. The lowest BCUT2D eigenvalue weighted by molar-refractivity contribution is 0.133. The van der Waals surface area contributed by atoms with Crippen LogP contribution in [0.15, 0.2) is 12.3 Å². The molecule has 0 saturated heterocycles. The van der Waals surface area contributed by atoms with Crippen LogP contribution >= 0.6 is 0 Å². The molecule has 0 aromatic carbocycles. The van der Waals surface area contributed by atoms with E-state index in [2.05, 4.69) is 15.3 Å². The maximum atomic E-state index is 5.52. The maximum absolute atomic E-state index is 5.52. The third kappa shape index (κ3) is 4.87. The van der Waals surface area contributed by atoms with Crippen molar-refractivity contribution in [1.29, 1.82) is 0 Å². The van der Waals surface area contributed by atoms with Crippen molar-refractivity contribution in [3.05, 3.63) is 12.3 Å². The average Bonchev–Trinajstić information content (AvgIpc) is 3.12. The highest BCUT2D eigenvalue weighted by Crippen LogP contribution is 2.28. The van der Waals surface area contributed by atoms with Gasteiger partial charge in [0.2, 0.25) is 11.8 Å². The van der Waals surface area contributed by atoms with E-state index in [4.69, 9.17) is 9.47 Å². The molecule has 1 fully saturated rings. The van der Waals surface area contributed by atoms with Gasteiger partial charge >= 0.3 is 0 Å². The first-order valence-electron chi connectivity index (χ1n) is 6.55. The smallest absolute Gasteiger partial charge is 0.226 e. The number of aromatic nitrogens is 2. The van der Waals surface area contributed by atoms with E-state index in [1.165, 1.54) is 12.8 Å². The lowest BCUT2D eigenvalue weighted by Gasteiger charge is -2.10. The highest BCUT2D eigenvalue weighted by Gasteiger charge is 2.20. The van der Waals surface area contributed by atoms with Crippen LogP contribution in [0.1, 0.15) is 26.7 Å². The summed E-state index contributed by atoms with van der Waals surface area (Å²) < 4.78 is 11.0. The third-order valence-electron chi connectivity index (χ3n) is 2.57. The van der Waals surface area contributed by atoms with Crippen molar-refractivity contribution in [2.75, 3.05) is 25.1 Å². The third-order valence-corrected chi connectivity index (χ3v) is 2.57. The van der Waals surface area contributed by atoms with Crippen molar-refractivity contribution in [3.8, 4) is 5.88 Å². The average molecular weight is 251 g/mol. The molecule has 1 aromatic rings. The summed E-state index contributed by atoms with van der Waals surface area (Å²) in [5.41, 5.74) is 0. The minimum atomic E-state index is 0.120. The number of hydrogen-bond donors (Lipinski definition) is 1.